The van der Waals surface area contributed by atoms with Crippen molar-refractivity contribution in [3.63, 3.8) is 0 Å². The van der Waals surface area contributed by atoms with Crippen LogP contribution in [0.4, 0.5) is 17.1 Å². The summed E-state index contributed by atoms with van der Waals surface area (Å²) in [5, 5.41) is 10.0. The maximum atomic E-state index is 2.41. The summed E-state index contributed by atoms with van der Waals surface area (Å²) in [6, 6.07) is 79.6. The minimum absolute atomic E-state index is 1.08. The van der Waals surface area contributed by atoms with Crippen molar-refractivity contribution in [1.82, 2.24) is 4.57 Å². The average Bonchev–Trinajstić information content (AvgIpc) is 3.61. The summed E-state index contributed by atoms with van der Waals surface area (Å²) >= 11 is 0. The molecular formula is C54H36N2. The molecule has 0 saturated carbocycles. The van der Waals surface area contributed by atoms with Crippen molar-refractivity contribution in [2.24, 2.45) is 0 Å². The number of para-hydroxylation sites is 2. The van der Waals surface area contributed by atoms with E-state index in [1.54, 1.807) is 0 Å². The van der Waals surface area contributed by atoms with Gasteiger partial charge in [0.05, 0.1) is 11.0 Å². The van der Waals surface area contributed by atoms with Gasteiger partial charge in [-0.25, -0.2) is 0 Å². The third-order valence-electron chi connectivity index (χ3n) is 11.3. The molecule has 0 N–H and O–H groups in total. The van der Waals surface area contributed by atoms with Gasteiger partial charge in [-0.2, -0.15) is 0 Å². The summed E-state index contributed by atoms with van der Waals surface area (Å²) in [7, 11) is 0. The van der Waals surface area contributed by atoms with E-state index in [1.807, 2.05) is 0 Å². The van der Waals surface area contributed by atoms with E-state index in [4.69, 9.17) is 0 Å². The molecule has 0 bridgehead atoms. The molecular weight excluding hydrogens is 677 g/mol. The molecule has 11 rings (SSSR count). The Labute approximate surface area is 325 Å². The lowest BCUT2D eigenvalue weighted by Gasteiger charge is -2.27. The smallest absolute Gasteiger partial charge is 0.0541 e. The molecule has 2 heteroatoms. The largest absolute Gasteiger partial charge is 0.310 e. The molecule has 1 heterocycles. The Bertz CT molecular complexity index is 3220. The summed E-state index contributed by atoms with van der Waals surface area (Å²) in [4.78, 5) is 2.41. The van der Waals surface area contributed by atoms with Crippen LogP contribution in [-0.4, -0.2) is 4.57 Å². The fraction of sp³-hybridized carbons (Fsp3) is 0. The number of rotatable bonds is 6. The maximum absolute atomic E-state index is 2.41. The highest BCUT2D eigenvalue weighted by Gasteiger charge is 2.18. The van der Waals surface area contributed by atoms with Crippen molar-refractivity contribution in [2.75, 3.05) is 4.90 Å². The fourth-order valence-corrected chi connectivity index (χ4v) is 8.72. The number of benzene rings is 10. The topological polar surface area (TPSA) is 8.17 Å². The third-order valence-corrected chi connectivity index (χ3v) is 11.3. The van der Waals surface area contributed by atoms with Gasteiger partial charge in [0.2, 0.25) is 0 Å². The summed E-state index contributed by atoms with van der Waals surface area (Å²) in [6.07, 6.45) is 0. The van der Waals surface area contributed by atoms with Crippen molar-refractivity contribution < 1.29 is 0 Å². The minimum Gasteiger partial charge on any atom is -0.310 e. The number of anilines is 3. The molecule has 2 nitrogen and oxygen atoms in total. The van der Waals surface area contributed by atoms with Gasteiger partial charge in [0, 0.05) is 33.5 Å². The van der Waals surface area contributed by atoms with Gasteiger partial charge in [0.1, 0.15) is 0 Å². The van der Waals surface area contributed by atoms with Gasteiger partial charge in [-0.15, -0.1) is 0 Å². The lowest BCUT2D eigenvalue weighted by Crippen LogP contribution is -2.11. The van der Waals surface area contributed by atoms with Gasteiger partial charge in [-0.3, -0.25) is 0 Å². The molecule has 0 spiro atoms. The zero-order valence-corrected chi connectivity index (χ0v) is 30.7. The first-order valence-corrected chi connectivity index (χ1v) is 19.3. The Morgan fingerprint density at radius 1 is 0.286 bits per heavy atom. The Hall–Kier alpha value is -7.42. The highest BCUT2D eigenvalue weighted by molar-refractivity contribution is 6.12. The molecule has 0 atom stereocenters. The quantitative estimate of drug-likeness (QED) is 0.156. The molecule has 10 aromatic carbocycles. The Morgan fingerprint density at radius 3 is 1.59 bits per heavy atom. The predicted octanol–water partition coefficient (Wildman–Crippen LogP) is 15.0. The molecule has 11 aromatic rings. The van der Waals surface area contributed by atoms with Crippen LogP contribution in [-0.2, 0) is 0 Å². The second-order valence-electron chi connectivity index (χ2n) is 14.6. The molecule has 0 unspecified atom stereocenters. The number of nitrogens with zero attached hydrogens (tertiary/aromatic N) is 2. The van der Waals surface area contributed by atoms with Gasteiger partial charge < -0.3 is 9.47 Å². The first-order valence-electron chi connectivity index (χ1n) is 19.3. The van der Waals surface area contributed by atoms with Crippen LogP contribution in [0.3, 0.4) is 0 Å². The Kier molecular flexibility index (Phi) is 7.53. The normalized spacial score (nSPS) is 11.6. The van der Waals surface area contributed by atoms with E-state index in [-0.39, 0.29) is 0 Å². The van der Waals surface area contributed by atoms with Crippen molar-refractivity contribution in [3.05, 3.63) is 218 Å². The number of aromatic nitrogens is 1. The average molecular weight is 713 g/mol. The first-order chi connectivity index (χ1) is 27.8. The molecule has 0 aliphatic heterocycles. The number of hydrogen-bond acceptors (Lipinski definition) is 1. The van der Waals surface area contributed by atoms with Gasteiger partial charge in [-0.1, -0.05) is 158 Å². The van der Waals surface area contributed by atoms with Gasteiger partial charge in [-0.05, 0) is 115 Å². The van der Waals surface area contributed by atoms with Crippen molar-refractivity contribution >= 4 is 71.2 Å². The summed E-state index contributed by atoms with van der Waals surface area (Å²) in [5.41, 5.74) is 11.6. The molecule has 0 saturated heterocycles. The zero-order chi connectivity index (χ0) is 37.0. The second-order valence-corrected chi connectivity index (χ2v) is 14.6. The van der Waals surface area contributed by atoms with Crippen LogP contribution < -0.4 is 4.90 Å². The van der Waals surface area contributed by atoms with Gasteiger partial charge in [0.25, 0.3) is 0 Å². The van der Waals surface area contributed by atoms with Crippen molar-refractivity contribution in [3.8, 4) is 27.9 Å². The van der Waals surface area contributed by atoms with Gasteiger partial charge >= 0.3 is 0 Å². The molecule has 0 amide bonds. The van der Waals surface area contributed by atoms with Crippen LogP contribution in [0.1, 0.15) is 0 Å². The van der Waals surface area contributed by atoms with Crippen LogP contribution in [0, 0.1) is 0 Å². The molecule has 0 fully saturated rings. The van der Waals surface area contributed by atoms with E-state index in [2.05, 4.69) is 228 Å². The van der Waals surface area contributed by atoms with E-state index in [1.165, 1.54) is 76.4 Å². The third kappa shape index (κ3) is 5.34. The lowest BCUT2D eigenvalue weighted by atomic mass is 9.94. The van der Waals surface area contributed by atoms with Crippen LogP contribution >= 0.6 is 0 Å². The van der Waals surface area contributed by atoms with E-state index in [0.29, 0.717) is 0 Å². The summed E-state index contributed by atoms with van der Waals surface area (Å²) in [5.74, 6) is 0. The number of hydrogen-bond donors (Lipinski definition) is 0. The van der Waals surface area contributed by atoms with Crippen LogP contribution in [0.5, 0.6) is 0 Å². The zero-order valence-electron chi connectivity index (χ0n) is 30.7. The van der Waals surface area contributed by atoms with Crippen LogP contribution in [0.15, 0.2) is 218 Å². The molecule has 56 heavy (non-hydrogen) atoms. The Balaban J connectivity index is 1.11. The van der Waals surface area contributed by atoms with E-state index in [9.17, 15) is 0 Å². The molecule has 1 aromatic heterocycles. The molecule has 0 radical (unpaired) electrons. The van der Waals surface area contributed by atoms with Crippen LogP contribution in [0.25, 0.3) is 82.1 Å². The van der Waals surface area contributed by atoms with E-state index in [0.717, 1.165) is 22.7 Å². The molecule has 262 valence electrons. The highest BCUT2D eigenvalue weighted by atomic mass is 15.1. The lowest BCUT2D eigenvalue weighted by molar-refractivity contribution is 1.17. The second kappa shape index (κ2) is 13.2. The summed E-state index contributed by atoms with van der Waals surface area (Å²) in [6.45, 7) is 0. The monoisotopic (exact) mass is 712 g/mol. The SMILES string of the molecule is c1cc(-c2ccc3ccccc3c2)cc(N(c2cccc(-c3cccc4c3ccc3ccccc34)c2)c2cccc(-n3c4ccccc4c4ccccc43)c2)c1. The van der Waals surface area contributed by atoms with Crippen LogP contribution in [0.2, 0.25) is 0 Å². The molecule has 0 aliphatic carbocycles. The van der Waals surface area contributed by atoms with Gasteiger partial charge in [0.15, 0.2) is 0 Å². The van der Waals surface area contributed by atoms with E-state index < -0.39 is 0 Å². The number of fused-ring (bicyclic) bond motifs is 7. The molecule has 0 aliphatic rings. The highest BCUT2D eigenvalue weighted by Crippen LogP contribution is 2.42. The first kappa shape index (κ1) is 32.0. The fourth-order valence-electron chi connectivity index (χ4n) is 8.72. The minimum atomic E-state index is 1.08. The Morgan fingerprint density at radius 2 is 0.821 bits per heavy atom. The predicted molar refractivity (Wildman–Crippen MR) is 239 cm³/mol. The van der Waals surface area contributed by atoms with Crippen molar-refractivity contribution in [1.29, 1.82) is 0 Å². The maximum Gasteiger partial charge on any atom is 0.0541 e. The van der Waals surface area contributed by atoms with Crippen molar-refractivity contribution in [2.45, 2.75) is 0 Å². The standard InChI is InChI=1S/C54H36N2/c1-2-15-39-33-41(30-29-37(39)13-1)40-16-9-18-43(34-40)55(45-20-11-21-46(36-45)56-53-27-7-5-23-51(53)52-24-6-8-28-54(52)56)44-19-10-17-42(35-44)48-25-12-26-49-47-22-4-3-14-38(47)31-32-50(48)49/h1-36H. The summed E-state index contributed by atoms with van der Waals surface area (Å²) < 4.78 is 2.40. The van der Waals surface area contributed by atoms with E-state index >= 15 is 0 Å².